The van der Waals surface area contributed by atoms with Gasteiger partial charge in [-0.15, -0.1) is 11.3 Å². The molecule has 0 bridgehead atoms. The third kappa shape index (κ3) is 2.56. The van der Waals surface area contributed by atoms with Gasteiger partial charge in [0.15, 0.2) is 5.13 Å². The molecule has 0 aliphatic carbocycles. The van der Waals surface area contributed by atoms with Crippen LogP contribution in [0.15, 0.2) is 18.5 Å². The van der Waals surface area contributed by atoms with Crippen molar-refractivity contribution < 1.29 is 4.74 Å². The van der Waals surface area contributed by atoms with Gasteiger partial charge in [0, 0.05) is 29.7 Å². The van der Waals surface area contributed by atoms with E-state index in [0.29, 0.717) is 12.0 Å². The molecular formula is C16H17N7OS. The van der Waals surface area contributed by atoms with Gasteiger partial charge in [0.2, 0.25) is 5.95 Å². The van der Waals surface area contributed by atoms with Crippen LogP contribution < -0.4 is 10.2 Å². The summed E-state index contributed by atoms with van der Waals surface area (Å²) in [4.78, 5) is 17.0. The van der Waals surface area contributed by atoms with Gasteiger partial charge in [-0.3, -0.25) is 5.10 Å². The predicted octanol–water partition coefficient (Wildman–Crippen LogP) is 2.14. The topological polar surface area (TPSA) is 91.8 Å². The molecule has 128 valence electrons. The summed E-state index contributed by atoms with van der Waals surface area (Å²) in [7, 11) is 0. The minimum atomic E-state index is 0.423. The van der Waals surface area contributed by atoms with E-state index in [2.05, 4.69) is 30.4 Å². The predicted molar refractivity (Wildman–Crippen MR) is 95.4 cm³/mol. The number of hydrogen-bond acceptors (Lipinski definition) is 8. The third-order valence-corrected chi connectivity index (χ3v) is 5.54. The first-order chi connectivity index (χ1) is 12.3. The number of nitrogens with zero attached hydrogens (tertiary/aromatic N) is 5. The van der Waals surface area contributed by atoms with Gasteiger partial charge in [0.25, 0.3) is 0 Å². The third-order valence-electron chi connectivity index (χ3n) is 4.51. The van der Waals surface area contributed by atoms with Gasteiger partial charge in [-0.25, -0.2) is 15.0 Å². The van der Waals surface area contributed by atoms with Crippen LogP contribution in [0.5, 0.6) is 0 Å². The van der Waals surface area contributed by atoms with E-state index in [1.807, 2.05) is 19.2 Å². The zero-order chi connectivity index (χ0) is 16.8. The summed E-state index contributed by atoms with van der Waals surface area (Å²) in [6.45, 7) is 4.42. The van der Waals surface area contributed by atoms with Gasteiger partial charge >= 0.3 is 0 Å². The van der Waals surface area contributed by atoms with Gasteiger partial charge in [0.1, 0.15) is 5.82 Å². The van der Waals surface area contributed by atoms with Crippen LogP contribution in [0, 0.1) is 6.92 Å². The number of hydrogen-bond donors (Lipinski definition) is 2. The molecule has 3 aromatic rings. The first-order valence-corrected chi connectivity index (χ1v) is 9.04. The van der Waals surface area contributed by atoms with Crippen LogP contribution in [-0.4, -0.2) is 50.9 Å². The van der Waals surface area contributed by atoms with Crippen LogP contribution in [0.1, 0.15) is 10.6 Å². The molecule has 1 saturated heterocycles. The quantitative estimate of drug-likeness (QED) is 0.743. The maximum Gasteiger partial charge on any atom is 0.229 e. The van der Waals surface area contributed by atoms with E-state index in [0.717, 1.165) is 54.1 Å². The van der Waals surface area contributed by atoms with Crippen LogP contribution in [0.2, 0.25) is 0 Å². The summed E-state index contributed by atoms with van der Waals surface area (Å²) < 4.78 is 5.36. The van der Waals surface area contributed by atoms with Crippen LogP contribution in [0.4, 0.5) is 16.9 Å². The average molecular weight is 355 g/mol. The molecule has 3 aromatic heterocycles. The minimum absolute atomic E-state index is 0.423. The van der Waals surface area contributed by atoms with E-state index in [-0.39, 0.29) is 0 Å². The summed E-state index contributed by atoms with van der Waals surface area (Å²) >= 11 is 1.65. The Hall–Kier alpha value is -2.52. The summed E-state index contributed by atoms with van der Waals surface area (Å²) in [5, 5.41) is 11.4. The summed E-state index contributed by atoms with van der Waals surface area (Å²) in [6.07, 6.45) is 4.55. The van der Waals surface area contributed by atoms with Gasteiger partial charge in [-0.2, -0.15) is 5.10 Å². The van der Waals surface area contributed by atoms with E-state index < -0.39 is 0 Å². The Morgan fingerprint density at radius 2 is 2.28 bits per heavy atom. The minimum Gasteiger partial charge on any atom is -0.377 e. The number of aryl methyl sites for hydroxylation is 1. The summed E-state index contributed by atoms with van der Waals surface area (Å²) in [6, 6.07) is 2.30. The molecule has 8 nitrogen and oxygen atoms in total. The molecule has 0 amide bonds. The number of nitrogens with one attached hydrogen (secondary N) is 2. The fraction of sp³-hybridized carbons (Fsp3) is 0.375. The van der Waals surface area contributed by atoms with Crippen LogP contribution in [0.3, 0.4) is 0 Å². The highest BCUT2D eigenvalue weighted by atomic mass is 32.1. The SMILES string of the molecule is Cc1ccnc(Nc2nc3c(s2)CCN(C2COC2)c2[nH]ncc2-3)n1. The first-order valence-electron chi connectivity index (χ1n) is 8.22. The van der Waals surface area contributed by atoms with Gasteiger partial charge in [-0.05, 0) is 13.0 Å². The zero-order valence-corrected chi connectivity index (χ0v) is 14.5. The van der Waals surface area contributed by atoms with Crippen LogP contribution in [-0.2, 0) is 11.2 Å². The molecule has 2 N–H and O–H groups in total. The fourth-order valence-electron chi connectivity index (χ4n) is 3.16. The first kappa shape index (κ1) is 14.8. The lowest BCUT2D eigenvalue weighted by Crippen LogP contribution is -2.50. The van der Waals surface area contributed by atoms with Crippen molar-refractivity contribution in [2.24, 2.45) is 0 Å². The molecule has 2 aliphatic rings. The number of anilines is 3. The Bertz CT molecular complexity index is 917. The van der Waals surface area contributed by atoms with Crippen molar-refractivity contribution in [3.8, 4) is 11.3 Å². The van der Waals surface area contributed by atoms with Crippen molar-refractivity contribution in [3.05, 3.63) is 29.0 Å². The number of aromatic nitrogens is 5. The Morgan fingerprint density at radius 3 is 3.08 bits per heavy atom. The van der Waals surface area contributed by atoms with Crippen molar-refractivity contribution in [1.82, 2.24) is 25.1 Å². The highest BCUT2D eigenvalue weighted by molar-refractivity contribution is 7.16. The van der Waals surface area contributed by atoms with E-state index in [4.69, 9.17) is 9.72 Å². The maximum atomic E-state index is 5.36. The standard InChI is InChI=1S/C16H17N7OS/c1-9-2-4-17-15(19-9)21-16-20-13-11-6-18-22-14(11)23(10-7-24-8-10)5-3-12(13)25-16/h2,4,6,10H,3,5,7-8H2,1H3,(H,18,22)(H,17,19,20,21). The molecule has 5 rings (SSSR count). The number of fused-ring (bicyclic) bond motifs is 3. The molecule has 1 fully saturated rings. The molecule has 9 heteroatoms. The lowest BCUT2D eigenvalue weighted by atomic mass is 10.2. The van der Waals surface area contributed by atoms with Crippen LogP contribution in [0.25, 0.3) is 11.3 Å². The molecule has 0 unspecified atom stereocenters. The molecule has 0 radical (unpaired) electrons. The van der Waals surface area contributed by atoms with E-state index in [1.54, 1.807) is 17.5 Å². The Labute approximate surface area is 148 Å². The van der Waals surface area contributed by atoms with Crippen molar-refractivity contribution in [2.75, 3.05) is 30.0 Å². The van der Waals surface area contributed by atoms with Gasteiger partial charge in [0.05, 0.1) is 36.7 Å². The second kappa shape index (κ2) is 5.78. The van der Waals surface area contributed by atoms with Crippen molar-refractivity contribution in [2.45, 2.75) is 19.4 Å². The van der Waals surface area contributed by atoms with E-state index in [9.17, 15) is 0 Å². The number of ether oxygens (including phenoxy) is 1. The average Bonchev–Trinajstić information content (AvgIpc) is 3.13. The maximum absolute atomic E-state index is 5.36. The molecule has 0 spiro atoms. The lowest BCUT2D eigenvalue weighted by molar-refractivity contribution is 0.00798. The summed E-state index contributed by atoms with van der Waals surface area (Å²) in [5.41, 5.74) is 2.96. The van der Waals surface area contributed by atoms with Crippen molar-refractivity contribution in [1.29, 1.82) is 0 Å². The smallest absolute Gasteiger partial charge is 0.229 e. The Morgan fingerprint density at radius 1 is 1.36 bits per heavy atom. The molecule has 5 heterocycles. The van der Waals surface area contributed by atoms with Crippen LogP contribution >= 0.6 is 11.3 Å². The lowest BCUT2D eigenvalue weighted by Gasteiger charge is -2.37. The highest BCUT2D eigenvalue weighted by Crippen LogP contribution is 2.40. The second-order valence-corrected chi connectivity index (χ2v) is 7.29. The number of aromatic amines is 1. The van der Waals surface area contributed by atoms with E-state index >= 15 is 0 Å². The number of thiazole rings is 1. The van der Waals surface area contributed by atoms with Gasteiger partial charge in [-0.1, -0.05) is 0 Å². The van der Waals surface area contributed by atoms with E-state index in [1.165, 1.54) is 4.88 Å². The summed E-state index contributed by atoms with van der Waals surface area (Å²) in [5.74, 6) is 1.61. The Kier molecular flexibility index (Phi) is 3.42. The highest BCUT2D eigenvalue weighted by Gasteiger charge is 2.32. The molecular weight excluding hydrogens is 338 g/mol. The molecule has 0 saturated carbocycles. The number of rotatable bonds is 3. The Balaban J connectivity index is 1.48. The van der Waals surface area contributed by atoms with Crippen molar-refractivity contribution in [3.63, 3.8) is 0 Å². The molecule has 2 aliphatic heterocycles. The number of H-pyrrole nitrogens is 1. The fourth-order valence-corrected chi connectivity index (χ4v) is 4.12. The second-order valence-electron chi connectivity index (χ2n) is 6.20. The normalized spacial score (nSPS) is 16.8. The monoisotopic (exact) mass is 355 g/mol. The molecule has 0 atom stereocenters. The van der Waals surface area contributed by atoms with Gasteiger partial charge < -0.3 is 15.0 Å². The molecule has 0 aromatic carbocycles. The largest absolute Gasteiger partial charge is 0.377 e. The molecule has 25 heavy (non-hydrogen) atoms. The zero-order valence-electron chi connectivity index (χ0n) is 13.7. The van der Waals surface area contributed by atoms with Crippen molar-refractivity contribution >= 4 is 28.2 Å².